The molecule has 0 saturated carbocycles. The van der Waals surface area contributed by atoms with Gasteiger partial charge in [0.05, 0.1) is 5.69 Å². The highest BCUT2D eigenvalue weighted by molar-refractivity contribution is 7.14. The standard InChI is InChI=1S/C20H22N2OS/c1-2-3-4-5-13-19(23)22-20-21-18(14-24-20)17-12-8-10-15-9-6-7-11-16(15)17/h6-12,14H,2-5,13H2,1H3,(H,21,22,23). The van der Waals surface area contributed by atoms with E-state index in [0.29, 0.717) is 11.6 Å². The van der Waals surface area contributed by atoms with Crippen molar-refractivity contribution in [2.24, 2.45) is 0 Å². The maximum atomic E-state index is 12.0. The zero-order valence-electron chi connectivity index (χ0n) is 13.9. The van der Waals surface area contributed by atoms with E-state index in [1.54, 1.807) is 0 Å². The Hall–Kier alpha value is -2.20. The minimum absolute atomic E-state index is 0.0601. The Labute approximate surface area is 146 Å². The molecule has 0 spiro atoms. The van der Waals surface area contributed by atoms with Crippen LogP contribution in [-0.2, 0) is 4.79 Å². The van der Waals surface area contributed by atoms with Gasteiger partial charge in [-0.2, -0.15) is 0 Å². The van der Waals surface area contributed by atoms with Crippen LogP contribution >= 0.6 is 11.3 Å². The molecule has 0 aliphatic rings. The van der Waals surface area contributed by atoms with Crippen molar-refractivity contribution in [3.05, 3.63) is 47.8 Å². The minimum Gasteiger partial charge on any atom is -0.302 e. The van der Waals surface area contributed by atoms with E-state index < -0.39 is 0 Å². The van der Waals surface area contributed by atoms with Crippen LogP contribution in [0.15, 0.2) is 47.8 Å². The van der Waals surface area contributed by atoms with Crippen molar-refractivity contribution < 1.29 is 4.79 Å². The highest BCUT2D eigenvalue weighted by atomic mass is 32.1. The highest BCUT2D eigenvalue weighted by Gasteiger charge is 2.10. The number of unbranched alkanes of at least 4 members (excludes halogenated alkanes) is 3. The number of aromatic nitrogens is 1. The molecular weight excluding hydrogens is 316 g/mol. The van der Waals surface area contributed by atoms with E-state index in [1.165, 1.54) is 35.0 Å². The van der Waals surface area contributed by atoms with Crippen molar-refractivity contribution in [3.8, 4) is 11.3 Å². The van der Waals surface area contributed by atoms with Gasteiger partial charge in [-0.25, -0.2) is 4.98 Å². The Morgan fingerprint density at radius 3 is 2.79 bits per heavy atom. The molecule has 0 bridgehead atoms. The van der Waals surface area contributed by atoms with Crippen LogP contribution in [0.1, 0.15) is 39.0 Å². The third kappa shape index (κ3) is 4.01. The van der Waals surface area contributed by atoms with Crippen molar-refractivity contribution in [2.75, 3.05) is 5.32 Å². The molecule has 1 amide bonds. The van der Waals surface area contributed by atoms with Crippen LogP contribution in [0, 0.1) is 0 Å². The summed E-state index contributed by atoms with van der Waals surface area (Å²) in [6.07, 6.45) is 5.01. The number of thiazole rings is 1. The molecule has 3 aromatic rings. The first-order valence-corrected chi connectivity index (χ1v) is 9.39. The number of fused-ring (bicyclic) bond motifs is 1. The summed E-state index contributed by atoms with van der Waals surface area (Å²) < 4.78 is 0. The van der Waals surface area contributed by atoms with Gasteiger partial charge >= 0.3 is 0 Å². The number of nitrogens with one attached hydrogen (secondary N) is 1. The second-order valence-corrected chi connectivity index (χ2v) is 6.78. The topological polar surface area (TPSA) is 42.0 Å². The second kappa shape index (κ2) is 8.06. The zero-order chi connectivity index (χ0) is 16.8. The lowest BCUT2D eigenvalue weighted by atomic mass is 10.0. The van der Waals surface area contributed by atoms with Crippen LogP contribution in [0.2, 0.25) is 0 Å². The van der Waals surface area contributed by atoms with Crippen LogP contribution in [0.25, 0.3) is 22.0 Å². The molecule has 0 unspecified atom stereocenters. The molecule has 124 valence electrons. The average Bonchev–Trinajstić information content (AvgIpc) is 3.06. The number of nitrogens with zero attached hydrogens (tertiary/aromatic N) is 1. The van der Waals surface area contributed by atoms with Gasteiger partial charge in [0.1, 0.15) is 0 Å². The van der Waals surface area contributed by atoms with Gasteiger partial charge in [0, 0.05) is 17.4 Å². The molecule has 1 aromatic heterocycles. The van der Waals surface area contributed by atoms with Gasteiger partial charge in [0.15, 0.2) is 5.13 Å². The van der Waals surface area contributed by atoms with E-state index in [4.69, 9.17) is 0 Å². The third-order valence-corrected chi connectivity index (χ3v) is 4.83. The van der Waals surface area contributed by atoms with Crippen LogP contribution < -0.4 is 5.32 Å². The first-order chi connectivity index (χ1) is 11.8. The Kier molecular flexibility index (Phi) is 5.59. The number of rotatable bonds is 7. The number of amides is 1. The molecule has 2 aromatic carbocycles. The normalized spacial score (nSPS) is 10.9. The molecule has 0 aliphatic carbocycles. The fourth-order valence-corrected chi connectivity index (χ4v) is 3.52. The average molecular weight is 338 g/mol. The summed E-state index contributed by atoms with van der Waals surface area (Å²) in [6, 6.07) is 14.5. The molecule has 0 aliphatic heterocycles. The van der Waals surface area contributed by atoms with Crippen molar-refractivity contribution >= 4 is 33.1 Å². The zero-order valence-corrected chi connectivity index (χ0v) is 14.7. The predicted octanol–water partition coefficient (Wildman–Crippen LogP) is 5.87. The van der Waals surface area contributed by atoms with Gasteiger partial charge < -0.3 is 5.32 Å². The van der Waals surface area contributed by atoms with Crippen molar-refractivity contribution in [1.29, 1.82) is 0 Å². The number of carbonyl (C=O) groups excluding carboxylic acids is 1. The van der Waals surface area contributed by atoms with Gasteiger partial charge in [0.25, 0.3) is 0 Å². The van der Waals surface area contributed by atoms with E-state index in [1.807, 2.05) is 23.6 Å². The molecule has 0 atom stereocenters. The van der Waals surface area contributed by atoms with Crippen LogP contribution in [0.3, 0.4) is 0 Å². The summed E-state index contributed by atoms with van der Waals surface area (Å²) >= 11 is 1.48. The Bertz CT molecular complexity index is 820. The molecule has 1 heterocycles. The van der Waals surface area contributed by atoms with Gasteiger partial charge in [-0.3, -0.25) is 4.79 Å². The molecule has 0 fully saturated rings. The quantitative estimate of drug-likeness (QED) is 0.547. The molecular formula is C20H22N2OS. The Morgan fingerprint density at radius 1 is 1.08 bits per heavy atom. The lowest BCUT2D eigenvalue weighted by molar-refractivity contribution is -0.116. The summed E-state index contributed by atoms with van der Waals surface area (Å²) in [5.41, 5.74) is 2.02. The SMILES string of the molecule is CCCCCCC(=O)Nc1nc(-c2cccc3ccccc23)cs1. The van der Waals surface area contributed by atoms with Crippen molar-refractivity contribution in [1.82, 2.24) is 4.98 Å². The second-order valence-electron chi connectivity index (χ2n) is 5.92. The summed E-state index contributed by atoms with van der Waals surface area (Å²) in [5, 5.41) is 7.99. The monoisotopic (exact) mass is 338 g/mol. The highest BCUT2D eigenvalue weighted by Crippen LogP contribution is 2.31. The fraction of sp³-hybridized carbons (Fsp3) is 0.300. The van der Waals surface area contributed by atoms with E-state index in [0.717, 1.165) is 24.1 Å². The fourth-order valence-electron chi connectivity index (χ4n) is 2.80. The van der Waals surface area contributed by atoms with E-state index in [9.17, 15) is 4.79 Å². The summed E-state index contributed by atoms with van der Waals surface area (Å²) in [7, 11) is 0. The smallest absolute Gasteiger partial charge is 0.226 e. The summed E-state index contributed by atoms with van der Waals surface area (Å²) in [4.78, 5) is 16.6. The maximum Gasteiger partial charge on any atom is 0.226 e. The first-order valence-electron chi connectivity index (χ1n) is 8.51. The summed E-state index contributed by atoms with van der Waals surface area (Å²) in [5.74, 6) is 0.0601. The van der Waals surface area contributed by atoms with Gasteiger partial charge in [-0.15, -0.1) is 11.3 Å². The lowest BCUT2D eigenvalue weighted by Crippen LogP contribution is -2.10. The number of benzene rings is 2. The van der Waals surface area contributed by atoms with Crippen LogP contribution in [0.4, 0.5) is 5.13 Å². The number of hydrogen-bond acceptors (Lipinski definition) is 3. The molecule has 1 N–H and O–H groups in total. The van der Waals surface area contributed by atoms with Crippen molar-refractivity contribution in [3.63, 3.8) is 0 Å². The largest absolute Gasteiger partial charge is 0.302 e. The van der Waals surface area contributed by atoms with E-state index in [2.05, 4.69) is 41.5 Å². The molecule has 0 radical (unpaired) electrons. The van der Waals surface area contributed by atoms with Crippen LogP contribution in [-0.4, -0.2) is 10.9 Å². The van der Waals surface area contributed by atoms with Gasteiger partial charge in [0.2, 0.25) is 5.91 Å². The molecule has 3 rings (SSSR count). The number of anilines is 1. The maximum absolute atomic E-state index is 12.0. The molecule has 4 heteroatoms. The molecule has 3 nitrogen and oxygen atoms in total. The van der Waals surface area contributed by atoms with Gasteiger partial charge in [-0.1, -0.05) is 68.7 Å². The predicted molar refractivity (Wildman–Crippen MR) is 102 cm³/mol. The van der Waals surface area contributed by atoms with E-state index in [-0.39, 0.29) is 5.91 Å². The van der Waals surface area contributed by atoms with E-state index >= 15 is 0 Å². The lowest BCUT2D eigenvalue weighted by Gasteiger charge is -2.04. The minimum atomic E-state index is 0.0601. The molecule has 24 heavy (non-hydrogen) atoms. The molecule has 0 saturated heterocycles. The Balaban J connectivity index is 1.70. The third-order valence-electron chi connectivity index (χ3n) is 4.07. The Morgan fingerprint density at radius 2 is 1.92 bits per heavy atom. The number of hydrogen-bond donors (Lipinski definition) is 1. The van der Waals surface area contributed by atoms with Crippen molar-refractivity contribution in [2.45, 2.75) is 39.0 Å². The van der Waals surface area contributed by atoms with Crippen LogP contribution in [0.5, 0.6) is 0 Å². The number of carbonyl (C=O) groups is 1. The summed E-state index contributed by atoms with van der Waals surface area (Å²) in [6.45, 7) is 2.17. The van der Waals surface area contributed by atoms with Gasteiger partial charge in [-0.05, 0) is 17.2 Å². The first kappa shape index (κ1) is 16.7.